The van der Waals surface area contributed by atoms with Crippen LogP contribution in [-0.2, 0) is 4.79 Å². The maximum Gasteiger partial charge on any atom is 0.248 e. The molecule has 0 radical (unpaired) electrons. The van der Waals surface area contributed by atoms with Crippen LogP contribution in [0.3, 0.4) is 0 Å². The molecule has 0 saturated carbocycles. The highest BCUT2D eigenvalue weighted by Crippen LogP contribution is 2.23. The Bertz CT molecular complexity index is 876. The fraction of sp³-hybridized carbons (Fsp3) is 0.174. The average Bonchev–Trinajstić information content (AvgIpc) is 3.16. The summed E-state index contributed by atoms with van der Waals surface area (Å²) >= 11 is 0. The molecule has 1 aromatic heterocycles. The molecule has 0 spiro atoms. The molecule has 132 valence electrons. The quantitative estimate of drug-likeness (QED) is 0.547. The van der Waals surface area contributed by atoms with E-state index in [1.54, 1.807) is 6.08 Å². The summed E-state index contributed by atoms with van der Waals surface area (Å²) < 4.78 is 5.76. The van der Waals surface area contributed by atoms with E-state index in [0.717, 1.165) is 23.4 Å². The largest absolute Gasteiger partial charge is 0.457 e. The van der Waals surface area contributed by atoms with Crippen LogP contribution in [0.15, 0.2) is 77.2 Å². The van der Waals surface area contributed by atoms with Crippen LogP contribution in [-0.4, -0.2) is 5.91 Å². The van der Waals surface area contributed by atoms with Crippen molar-refractivity contribution in [1.29, 1.82) is 0 Å². The van der Waals surface area contributed by atoms with Gasteiger partial charge in [-0.1, -0.05) is 56.3 Å². The molecule has 26 heavy (non-hydrogen) atoms. The molecule has 0 saturated heterocycles. The van der Waals surface area contributed by atoms with E-state index in [0.29, 0.717) is 11.7 Å². The Balaban J connectivity index is 1.60. The highest BCUT2D eigenvalue weighted by molar-refractivity contribution is 6.01. The van der Waals surface area contributed by atoms with Crippen molar-refractivity contribution in [2.45, 2.75) is 26.2 Å². The Hall–Kier alpha value is -3.07. The van der Waals surface area contributed by atoms with Gasteiger partial charge in [-0.05, 0) is 48.2 Å². The fourth-order valence-electron chi connectivity index (χ4n) is 2.67. The van der Waals surface area contributed by atoms with E-state index in [-0.39, 0.29) is 5.91 Å². The predicted octanol–water partition coefficient (Wildman–Crippen LogP) is 6.11. The Kier molecular flexibility index (Phi) is 5.69. The van der Waals surface area contributed by atoms with Crippen molar-refractivity contribution in [1.82, 2.24) is 0 Å². The van der Waals surface area contributed by atoms with Crippen molar-refractivity contribution in [3.63, 3.8) is 0 Å². The zero-order valence-corrected chi connectivity index (χ0v) is 15.1. The second-order valence-electron chi connectivity index (χ2n) is 6.32. The monoisotopic (exact) mass is 345 g/mol. The maximum atomic E-state index is 12.1. The third-order valence-electron chi connectivity index (χ3n) is 4.44. The highest BCUT2D eigenvalue weighted by Gasteiger charge is 2.05. The zero-order valence-electron chi connectivity index (χ0n) is 15.1. The normalized spacial score (nSPS) is 12.2. The summed E-state index contributed by atoms with van der Waals surface area (Å²) in [4.78, 5) is 12.1. The first kappa shape index (κ1) is 17.7. The van der Waals surface area contributed by atoms with Gasteiger partial charge in [-0.2, -0.15) is 0 Å². The molecule has 3 rings (SSSR count). The summed E-state index contributed by atoms with van der Waals surface area (Å²) in [6, 6.07) is 21.6. The van der Waals surface area contributed by atoms with Crippen LogP contribution in [0.25, 0.3) is 17.4 Å². The minimum Gasteiger partial charge on any atom is -0.457 e. The number of amides is 1. The van der Waals surface area contributed by atoms with Gasteiger partial charge in [-0.15, -0.1) is 0 Å². The summed E-state index contributed by atoms with van der Waals surface area (Å²) in [7, 11) is 0. The molecule has 3 aromatic rings. The molecule has 3 heteroatoms. The fourth-order valence-corrected chi connectivity index (χ4v) is 2.67. The number of hydrogen-bond donors (Lipinski definition) is 1. The number of anilines is 1. The van der Waals surface area contributed by atoms with Crippen molar-refractivity contribution >= 4 is 17.7 Å². The molecule has 3 nitrogen and oxygen atoms in total. The Labute approximate surface area is 154 Å². The van der Waals surface area contributed by atoms with E-state index < -0.39 is 0 Å². The summed E-state index contributed by atoms with van der Waals surface area (Å²) in [5.74, 6) is 1.77. The number of carbonyl (C=O) groups is 1. The smallest absolute Gasteiger partial charge is 0.248 e. The Morgan fingerprint density at radius 2 is 1.77 bits per heavy atom. The van der Waals surface area contributed by atoms with Gasteiger partial charge < -0.3 is 9.73 Å². The molecule has 0 fully saturated rings. The minimum atomic E-state index is -0.182. The minimum absolute atomic E-state index is 0.182. The van der Waals surface area contributed by atoms with Crippen LogP contribution >= 0.6 is 0 Å². The van der Waals surface area contributed by atoms with Crippen molar-refractivity contribution < 1.29 is 9.21 Å². The SMILES string of the molecule is CC[C@@H](C)c1ccc(NC(=O)/C=C/c2ccc(-c3ccccc3)o2)cc1. The van der Waals surface area contributed by atoms with Crippen molar-refractivity contribution in [3.05, 3.63) is 84.1 Å². The Morgan fingerprint density at radius 3 is 2.46 bits per heavy atom. The van der Waals surface area contributed by atoms with E-state index in [9.17, 15) is 4.79 Å². The lowest BCUT2D eigenvalue weighted by Crippen LogP contribution is -2.07. The highest BCUT2D eigenvalue weighted by atomic mass is 16.3. The van der Waals surface area contributed by atoms with E-state index >= 15 is 0 Å². The molecule has 2 aromatic carbocycles. The van der Waals surface area contributed by atoms with Crippen LogP contribution in [0.2, 0.25) is 0 Å². The molecule has 1 N–H and O–H groups in total. The Morgan fingerprint density at radius 1 is 1.04 bits per heavy atom. The van der Waals surface area contributed by atoms with Crippen LogP contribution in [0.5, 0.6) is 0 Å². The van der Waals surface area contributed by atoms with E-state index in [1.807, 2.05) is 54.6 Å². The van der Waals surface area contributed by atoms with Gasteiger partial charge >= 0.3 is 0 Å². The van der Waals surface area contributed by atoms with Gasteiger partial charge in [0.05, 0.1) is 0 Å². The summed E-state index contributed by atoms with van der Waals surface area (Å²) in [6.45, 7) is 4.37. The van der Waals surface area contributed by atoms with Crippen LogP contribution < -0.4 is 5.32 Å². The summed E-state index contributed by atoms with van der Waals surface area (Å²) in [6.07, 6.45) is 4.26. The van der Waals surface area contributed by atoms with Crippen LogP contribution in [0.1, 0.15) is 37.5 Å². The first-order valence-corrected chi connectivity index (χ1v) is 8.90. The molecule has 1 amide bonds. The average molecular weight is 345 g/mol. The topological polar surface area (TPSA) is 42.2 Å². The number of hydrogen-bond acceptors (Lipinski definition) is 2. The first-order valence-electron chi connectivity index (χ1n) is 8.90. The van der Waals surface area contributed by atoms with E-state index in [1.165, 1.54) is 11.6 Å². The lowest BCUT2D eigenvalue weighted by molar-refractivity contribution is -0.111. The molecule has 0 bridgehead atoms. The molecular formula is C23H23NO2. The molecule has 1 atom stereocenters. The number of benzene rings is 2. The third-order valence-corrected chi connectivity index (χ3v) is 4.44. The maximum absolute atomic E-state index is 12.1. The second kappa shape index (κ2) is 8.34. The van der Waals surface area contributed by atoms with Crippen molar-refractivity contribution in [2.75, 3.05) is 5.32 Å². The number of rotatable bonds is 6. The van der Waals surface area contributed by atoms with Crippen molar-refractivity contribution in [3.8, 4) is 11.3 Å². The van der Waals surface area contributed by atoms with Gasteiger partial charge in [0.25, 0.3) is 0 Å². The first-order chi connectivity index (χ1) is 12.7. The van der Waals surface area contributed by atoms with Gasteiger partial charge in [0, 0.05) is 17.3 Å². The zero-order chi connectivity index (χ0) is 18.4. The van der Waals surface area contributed by atoms with Crippen molar-refractivity contribution in [2.24, 2.45) is 0 Å². The number of carbonyl (C=O) groups excluding carboxylic acids is 1. The second-order valence-corrected chi connectivity index (χ2v) is 6.32. The van der Waals surface area contributed by atoms with Gasteiger partial charge in [-0.3, -0.25) is 4.79 Å². The molecule has 0 aliphatic carbocycles. The molecule has 0 aliphatic heterocycles. The van der Waals surface area contributed by atoms with Gasteiger partial charge in [0.1, 0.15) is 11.5 Å². The number of nitrogens with one attached hydrogen (secondary N) is 1. The molecule has 0 unspecified atom stereocenters. The van der Waals surface area contributed by atoms with Crippen LogP contribution in [0, 0.1) is 0 Å². The van der Waals surface area contributed by atoms with E-state index in [4.69, 9.17) is 4.42 Å². The predicted molar refractivity (Wildman–Crippen MR) is 107 cm³/mol. The standard InChI is InChI=1S/C23H23NO2/c1-3-17(2)18-9-11-20(12-10-18)24-23(25)16-14-21-13-15-22(26-21)19-7-5-4-6-8-19/h4-17H,3H2,1-2H3,(H,24,25)/b16-14+/t17-/m1/s1. The summed E-state index contributed by atoms with van der Waals surface area (Å²) in [5.41, 5.74) is 3.08. The van der Waals surface area contributed by atoms with Gasteiger partial charge in [0.15, 0.2) is 0 Å². The number of furan rings is 1. The summed E-state index contributed by atoms with van der Waals surface area (Å²) in [5, 5.41) is 2.87. The van der Waals surface area contributed by atoms with Gasteiger partial charge in [-0.25, -0.2) is 0 Å². The molecular weight excluding hydrogens is 322 g/mol. The molecule has 1 heterocycles. The van der Waals surface area contributed by atoms with E-state index in [2.05, 4.69) is 31.3 Å². The third kappa shape index (κ3) is 4.51. The molecule has 0 aliphatic rings. The van der Waals surface area contributed by atoms with Crippen LogP contribution in [0.4, 0.5) is 5.69 Å². The van der Waals surface area contributed by atoms with Gasteiger partial charge in [0.2, 0.25) is 5.91 Å². The lowest BCUT2D eigenvalue weighted by Gasteiger charge is -2.09. The lowest BCUT2D eigenvalue weighted by atomic mass is 9.99.